The van der Waals surface area contributed by atoms with Crippen LogP contribution in [0.5, 0.6) is 0 Å². The van der Waals surface area contributed by atoms with Crippen LogP contribution in [0, 0.1) is 5.92 Å². The van der Waals surface area contributed by atoms with Crippen molar-refractivity contribution in [1.29, 1.82) is 0 Å². The van der Waals surface area contributed by atoms with Crippen LogP contribution in [0.2, 0.25) is 0 Å². The molecule has 30 heavy (non-hydrogen) atoms. The molecular weight excluding hydrogens is 398 g/mol. The van der Waals surface area contributed by atoms with E-state index >= 15 is 0 Å². The van der Waals surface area contributed by atoms with E-state index in [1.54, 1.807) is 12.1 Å². The fraction of sp³-hybridized carbons (Fsp3) is 0.565. The van der Waals surface area contributed by atoms with Gasteiger partial charge in [0.25, 0.3) is 10.0 Å². The number of carbonyl (C=O) groups excluding carboxylic acids is 1. The molecule has 2 aliphatic rings. The van der Waals surface area contributed by atoms with E-state index in [4.69, 9.17) is 0 Å². The second-order valence-corrected chi connectivity index (χ2v) is 9.69. The SMILES string of the molecule is CCCC(CCC)C(=O)N1CCCN(C2=NS(=O)(=O)C(c3ccccc3)=C2C)CC1. The molecule has 1 aromatic rings. The quantitative estimate of drug-likeness (QED) is 0.685. The second kappa shape index (κ2) is 9.77. The van der Waals surface area contributed by atoms with Crippen LogP contribution in [0.15, 0.2) is 40.3 Å². The van der Waals surface area contributed by atoms with Crippen LogP contribution >= 0.6 is 0 Å². The minimum absolute atomic E-state index is 0.0991. The molecule has 3 rings (SSSR count). The van der Waals surface area contributed by atoms with Crippen LogP contribution in [0.4, 0.5) is 0 Å². The van der Waals surface area contributed by atoms with E-state index in [-0.39, 0.29) is 11.8 Å². The molecule has 164 valence electrons. The minimum Gasteiger partial charge on any atom is -0.354 e. The third-order valence-electron chi connectivity index (χ3n) is 5.91. The molecule has 0 unspecified atom stereocenters. The number of nitrogens with zero attached hydrogens (tertiary/aromatic N) is 3. The Morgan fingerprint density at radius 2 is 1.70 bits per heavy atom. The highest BCUT2D eigenvalue weighted by Gasteiger charge is 2.34. The lowest BCUT2D eigenvalue weighted by Crippen LogP contribution is -2.40. The van der Waals surface area contributed by atoms with Crippen molar-refractivity contribution in [2.24, 2.45) is 10.3 Å². The van der Waals surface area contributed by atoms with E-state index in [2.05, 4.69) is 18.2 Å². The number of amidine groups is 1. The number of carbonyl (C=O) groups is 1. The van der Waals surface area contributed by atoms with Gasteiger partial charge in [0.15, 0.2) is 0 Å². The number of hydrogen-bond donors (Lipinski definition) is 0. The summed E-state index contributed by atoms with van der Waals surface area (Å²) in [5, 5.41) is 0. The van der Waals surface area contributed by atoms with Gasteiger partial charge in [0.1, 0.15) is 10.7 Å². The Morgan fingerprint density at radius 1 is 1.03 bits per heavy atom. The zero-order chi connectivity index (χ0) is 21.7. The third kappa shape index (κ3) is 4.77. The molecule has 0 N–H and O–H groups in total. The van der Waals surface area contributed by atoms with Crippen LogP contribution in [0.25, 0.3) is 4.91 Å². The average molecular weight is 432 g/mol. The highest BCUT2D eigenvalue weighted by Crippen LogP contribution is 2.33. The van der Waals surface area contributed by atoms with Gasteiger partial charge in [0.05, 0.1) is 0 Å². The maximum atomic E-state index is 13.0. The fourth-order valence-corrected chi connectivity index (χ4v) is 5.95. The van der Waals surface area contributed by atoms with Gasteiger partial charge < -0.3 is 9.80 Å². The maximum absolute atomic E-state index is 13.0. The van der Waals surface area contributed by atoms with E-state index < -0.39 is 10.0 Å². The molecule has 0 saturated carbocycles. The molecule has 1 aromatic carbocycles. The molecule has 0 bridgehead atoms. The molecule has 1 saturated heterocycles. The predicted octanol–water partition coefficient (Wildman–Crippen LogP) is 3.91. The molecule has 2 heterocycles. The summed E-state index contributed by atoms with van der Waals surface area (Å²) in [5.74, 6) is 0.877. The molecule has 6 nitrogen and oxygen atoms in total. The van der Waals surface area contributed by atoms with Crippen molar-refractivity contribution in [3.8, 4) is 0 Å². The molecule has 0 atom stereocenters. The van der Waals surface area contributed by atoms with Gasteiger partial charge in [0, 0.05) is 37.7 Å². The zero-order valence-corrected chi connectivity index (χ0v) is 19.1. The molecule has 0 aliphatic carbocycles. The van der Waals surface area contributed by atoms with Gasteiger partial charge in [-0.05, 0) is 31.7 Å². The van der Waals surface area contributed by atoms with Crippen LogP contribution in [0.3, 0.4) is 0 Å². The van der Waals surface area contributed by atoms with E-state index in [0.717, 1.165) is 32.1 Å². The van der Waals surface area contributed by atoms with Gasteiger partial charge in [0.2, 0.25) is 5.91 Å². The summed E-state index contributed by atoms with van der Waals surface area (Å²) in [7, 11) is -3.71. The van der Waals surface area contributed by atoms with Crippen LogP contribution < -0.4 is 0 Å². The maximum Gasteiger partial charge on any atom is 0.285 e. The first-order valence-corrected chi connectivity index (χ1v) is 12.5. The molecular formula is C23H33N3O3S. The number of rotatable bonds is 6. The Hall–Kier alpha value is -2.15. The smallest absolute Gasteiger partial charge is 0.285 e. The first-order chi connectivity index (χ1) is 14.4. The Kier molecular flexibility index (Phi) is 7.34. The summed E-state index contributed by atoms with van der Waals surface area (Å²) in [6.07, 6.45) is 4.69. The third-order valence-corrected chi connectivity index (χ3v) is 7.38. The topological polar surface area (TPSA) is 70.1 Å². The van der Waals surface area contributed by atoms with Crippen molar-refractivity contribution in [3.63, 3.8) is 0 Å². The Bertz CT molecular complexity index is 916. The summed E-state index contributed by atoms with van der Waals surface area (Å²) in [6.45, 7) is 8.70. The summed E-state index contributed by atoms with van der Waals surface area (Å²) < 4.78 is 29.7. The van der Waals surface area contributed by atoms with Gasteiger partial charge in [-0.3, -0.25) is 4.79 Å². The second-order valence-electron chi connectivity index (χ2n) is 8.15. The fourth-order valence-electron chi connectivity index (χ4n) is 4.47. The van der Waals surface area contributed by atoms with Crippen LogP contribution in [0.1, 0.15) is 58.4 Å². The molecule has 0 aromatic heterocycles. The molecule has 0 radical (unpaired) electrons. The molecule has 2 aliphatic heterocycles. The van der Waals surface area contributed by atoms with E-state index in [1.165, 1.54) is 0 Å². The first-order valence-electron chi connectivity index (χ1n) is 11.0. The number of hydrogen-bond acceptors (Lipinski definition) is 4. The molecule has 0 spiro atoms. The van der Waals surface area contributed by atoms with Crippen molar-refractivity contribution in [2.75, 3.05) is 26.2 Å². The minimum atomic E-state index is -3.71. The van der Waals surface area contributed by atoms with Gasteiger partial charge in [-0.15, -0.1) is 4.40 Å². The Morgan fingerprint density at radius 3 is 2.33 bits per heavy atom. The average Bonchev–Trinajstić information content (AvgIpc) is 2.88. The number of sulfonamides is 1. The summed E-state index contributed by atoms with van der Waals surface area (Å²) in [5.41, 5.74) is 1.36. The van der Waals surface area contributed by atoms with Gasteiger partial charge >= 0.3 is 0 Å². The summed E-state index contributed by atoms with van der Waals surface area (Å²) >= 11 is 0. The van der Waals surface area contributed by atoms with Crippen LogP contribution in [-0.4, -0.2) is 56.1 Å². The Labute approximate surface area is 180 Å². The lowest BCUT2D eigenvalue weighted by Gasteiger charge is -2.26. The van der Waals surface area contributed by atoms with E-state index in [9.17, 15) is 13.2 Å². The number of amides is 1. The predicted molar refractivity (Wildman–Crippen MR) is 121 cm³/mol. The van der Waals surface area contributed by atoms with Gasteiger partial charge in [-0.2, -0.15) is 8.42 Å². The van der Waals surface area contributed by atoms with Crippen LogP contribution in [-0.2, 0) is 14.8 Å². The first kappa shape index (κ1) is 22.5. The lowest BCUT2D eigenvalue weighted by molar-refractivity contribution is -0.135. The van der Waals surface area contributed by atoms with Gasteiger partial charge in [-0.25, -0.2) is 0 Å². The lowest BCUT2D eigenvalue weighted by atomic mass is 9.96. The van der Waals surface area contributed by atoms with Crippen molar-refractivity contribution < 1.29 is 13.2 Å². The van der Waals surface area contributed by atoms with Crippen molar-refractivity contribution >= 4 is 26.7 Å². The highest BCUT2D eigenvalue weighted by molar-refractivity contribution is 8.00. The van der Waals surface area contributed by atoms with Crippen molar-refractivity contribution in [2.45, 2.75) is 52.9 Å². The summed E-state index contributed by atoms with van der Waals surface area (Å²) in [4.78, 5) is 17.3. The molecule has 1 amide bonds. The standard InChI is InChI=1S/C23H33N3O3S/c1-4-10-20(11-5-2)23(27)26-15-9-14-25(16-17-26)22-18(3)21(30(28,29)24-22)19-12-7-6-8-13-19/h6-8,12-13,20H,4-5,9-11,14-17H2,1-3H3. The highest BCUT2D eigenvalue weighted by atomic mass is 32.2. The summed E-state index contributed by atoms with van der Waals surface area (Å²) in [6, 6.07) is 9.15. The van der Waals surface area contributed by atoms with E-state index in [0.29, 0.717) is 48.1 Å². The molecule has 7 heteroatoms. The largest absolute Gasteiger partial charge is 0.354 e. The Balaban J connectivity index is 1.77. The van der Waals surface area contributed by atoms with Crippen molar-refractivity contribution in [1.82, 2.24) is 9.80 Å². The van der Waals surface area contributed by atoms with E-state index in [1.807, 2.05) is 34.9 Å². The molecule has 1 fully saturated rings. The normalized spacial score (nSPS) is 19.3. The number of benzene rings is 1. The van der Waals surface area contributed by atoms with Gasteiger partial charge in [-0.1, -0.05) is 57.0 Å². The zero-order valence-electron chi connectivity index (χ0n) is 18.3. The van der Waals surface area contributed by atoms with Crippen molar-refractivity contribution in [3.05, 3.63) is 41.5 Å². The monoisotopic (exact) mass is 431 g/mol.